The van der Waals surface area contributed by atoms with Crippen molar-refractivity contribution in [2.75, 3.05) is 0 Å². The van der Waals surface area contributed by atoms with Crippen LogP contribution in [0.3, 0.4) is 0 Å². The third-order valence-corrected chi connectivity index (χ3v) is 11.1. The molecule has 0 aliphatic rings. The third-order valence-electron chi connectivity index (χ3n) is 11.1. The Kier molecular flexibility index (Phi) is 6.61. The number of rotatable bonds is 4. The Morgan fingerprint density at radius 1 is 0.364 bits per heavy atom. The third kappa shape index (κ3) is 4.45. The normalized spacial score (nSPS) is 11.6. The number of hydrogen-bond donors (Lipinski definition) is 0. The summed E-state index contributed by atoms with van der Waals surface area (Å²) >= 11 is 0. The van der Waals surface area contributed by atoms with Gasteiger partial charge in [0, 0.05) is 43.7 Å². The first-order valence-corrected chi connectivity index (χ1v) is 18.3. The van der Waals surface area contributed by atoms with Gasteiger partial charge in [-0.15, -0.1) is 0 Å². The molecule has 254 valence electrons. The van der Waals surface area contributed by atoms with E-state index in [9.17, 15) is 10.5 Å². The molecule has 5 nitrogen and oxygen atoms in total. The summed E-state index contributed by atoms with van der Waals surface area (Å²) < 4.78 is 6.91. The van der Waals surface area contributed by atoms with Crippen molar-refractivity contribution in [3.05, 3.63) is 187 Å². The van der Waals surface area contributed by atoms with Gasteiger partial charge in [0.05, 0.1) is 62.1 Å². The standard InChI is InChI=1S/C50H29N5/c51-30-32-20-27-48-43(28-32)42-14-9-19-49(55-46-17-7-3-12-40(46)41-13-4-8-18-47(41)55)50(42)54(48)35-23-21-33(22-24-35)37-26-25-36(29-34(37)31-52)53-44-15-5-1-10-38(44)39-11-2-6-16-45(39)53/h1-29H. The number of hydrogen-bond acceptors (Lipinski definition) is 2. The van der Waals surface area contributed by atoms with Crippen molar-refractivity contribution in [3.8, 4) is 40.3 Å². The first kappa shape index (κ1) is 30.7. The minimum Gasteiger partial charge on any atom is -0.309 e. The zero-order valence-electron chi connectivity index (χ0n) is 29.5. The maximum absolute atomic E-state index is 10.5. The molecule has 0 amide bonds. The molecule has 0 aliphatic carbocycles. The fourth-order valence-corrected chi connectivity index (χ4v) is 8.76. The van der Waals surface area contributed by atoms with Crippen LogP contribution in [0.15, 0.2) is 176 Å². The average molecular weight is 700 g/mol. The maximum atomic E-state index is 10.5. The molecule has 5 heteroatoms. The summed E-state index contributed by atoms with van der Waals surface area (Å²) in [6.07, 6.45) is 0. The number of nitrogens with zero attached hydrogens (tertiary/aromatic N) is 5. The van der Waals surface area contributed by atoms with E-state index in [2.05, 4.69) is 184 Å². The first-order valence-electron chi connectivity index (χ1n) is 18.3. The van der Waals surface area contributed by atoms with Crippen LogP contribution in [0.4, 0.5) is 0 Å². The number of aromatic nitrogens is 3. The molecule has 0 spiro atoms. The summed E-state index contributed by atoms with van der Waals surface area (Å²) in [7, 11) is 0. The van der Waals surface area contributed by atoms with E-state index in [1.165, 1.54) is 21.5 Å². The Morgan fingerprint density at radius 3 is 1.47 bits per heavy atom. The van der Waals surface area contributed by atoms with Crippen LogP contribution in [0.1, 0.15) is 11.1 Å². The summed E-state index contributed by atoms with van der Waals surface area (Å²) in [5, 5.41) is 27.3. The van der Waals surface area contributed by atoms with Crippen molar-refractivity contribution < 1.29 is 0 Å². The van der Waals surface area contributed by atoms with E-state index in [1.54, 1.807) is 0 Å². The lowest BCUT2D eigenvalue weighted by Crippen LogP contribution is -2.00. The Bertz CT molecular complexity index is 3350. The predicted molar refractivity (Wildman–Crippen MR) is 224 cm³/mol. The van der Waals surface area contributed by atoms with Crippen LogP contribution in [0, 0.1) is 22.7 Å². The molecule has 0 unspecified atom stereocenters. The van der Waals surface area contributed by atoms with Gasteiger partial charge in [0.2, 0.25) is 0 Å². The van der Waals surface area contributed by atoms with E-state index in [-0.39, 0.29) is 0 Å². The molecule has 3 heterocycles. The van der Waals surface area contributed by atoms with Crippen molar-refractivity contribution in [2.45, 2.75) is 0 Å². The van der Waals surface area contributed by atoms with Crippen LogP contribution in [0.25, 0.3) is 93.6 Å². The van der Waals surface area contributed by atoms with Crippen LogP contribution in [0.5, 0.6) is 0 Å². The molecule has 8 aromatic carbocycles. The molecule has 0 aliphatic heterocycles. The fourth-order valence-electron chi connectivity index (χ4n) is 8.76. The largest absolute Gasteiger partial charge is 0.309 e. The van der Waals surface area contributed by atoms with Gasteiger partial charge >= 0.3 is 0 Å². The van der Waals surface area contributed by atoms with Crippen molar-refractivity contribution in [2.24, 2.45) is 0 Å². The van der Waals surface area contributed by atoms with Gasteiger partial charge in [0.25, 0.3) is 0 Å². The van der Waals surface area contributed by atoms with Gasteiger partial charge in [-0.25, -0.2) is 0 Å². The molecule has 0 saturated carbocycles. The number of fused-ring (bicyclic) bond motifs is 9. The molecular formula is C50H29N5. The van der Waals surface area contributed by atoms with E-state index < -0.39 is 0 Å². The molecule has 0 bridgehead atoms. The van der Waals surface area contributed by atoms with E-state index in [0.29, 0.717) is 11.1 Å². The maximum Gasteiger partial charge on any atom is 0.0998 e. The van der Waals surface area contributed by atoms with Gasteiger partial charge in [-0.05, 0) is 83.9 Å². The molecular weight excluding hydrogens is 671 g/mol. The van der Waals surface area contributed by atoms with Crippen LogP contribution in [-0.4, -0.2) is 13.7 Å². The summed E-state index contributed by atoms with van der Waals surface area (Å²) in [5.74, 6) is 0. The monoisotopic (exact) mass is 699 g/mol. The predicted octanol–water partition coefficient (Wildman–Crippen LogP) is 12.4. The molecule has 3 aromatic heterocycles. The van der Waals surface area contributed by atoms with Gasteiger partial charge in [0.15, 0.2) is 0 Å². The topological polar surface area (TPSA) is 62.4 Å². The summed E-state index contributed by atoms with van der Waals surface area (Å²) in [5.41, 5.74) is 12.6. The second-order valence-corrected chi connectivity index (χ2v) is 14.0. The lowest BCUT2D eigenvalue weighted by molar-refractivity contribution is 1.13. The highest BCUT2D eigenvalue weighted by Gasteiger charge is 2.21. The molecule has 55 heavy (non-hydrogen) atoms. The second kappa shape index (κ2) is 11.8. The SMILES string of the molecule is N#Cc1ccc2c(c1)c1cccc(-n3c4ccccc4c4ccccc43)c1n2-c1ccc(-c2ccc(-n3c4ccccc4c4ccccc43)cc2C#N)cc1. The zero-order chi connectivity index (χ0) is 36.6. The van der Waals surface area contributed by atoms with Crippen LogP contribution in [-0.2, 0) is 0 Å². The van der Waals surface area contributed by atoms with Crippen molar-refractivity contribution >= 4 is 65.4 Å². The number of benzene rings is 8. The summed E-state index contributed by atoms with van der Waals surface area (Å²) in [4.78, 5) is 0. The quantitative estimate of drug-likeness (QED) is 0.184. The van der Waals surface area contributed by atoms with Gasteiger partial charge < -0.3 is 13.7 Å². The first-order chi connectivity index (χ1) is 27.2. The molecule has 0 fully saturated rings. The van der Waals surface area contributed by atoms with Crippen molar-refractivity contribution in [1.82, 2.24) is 13.7 Å². The summed E-state index contributed by atoms with van der Waals surface area (Å²) in [6.45, 7) is 0. The number of nitriles is 2. The minimum absolute atomic E-state index is 0.613. The lowest BCUT2D eigenvalue weighted by Gasteiger charge is -2.15. The molecule has 0 atom stereocenters. The van der Waals surface area contributed by atoms with Gasteiger partial charge in [-0.3, -0.25) is 0 Å². The van der Waals surface area contributed by atoms with Gasteiger partial charge in [-0.1, -0.05) is 103 Å². The highest BCUT2D eigenvalue weighted by molar-refractivity contribution is 6.15. The average Bonchev–Trinajstić information content (AvgIpc) is 3.89. The Morgan fingerprint density at radius 2 is 0.891 bits per heavy atom. The summed E-state index contributed by atoms with van der Waals surface area (Å²) in [6, 6.07) is 65.9. The van der Waals surface area contributed by atoms with Crippen molar-refractivity contribution in [3.63, 3.8) is 0 Å². The van der Waals surface area contributed by atoms with Gasteiger partial charge in [-0.2, -0.15) is 10.5 Å². The highest BCUT2D eigenvalue weighted by atomic mass is 15.1. The Hall–Kier alpha value is -7.86. The Balaban J connectivity index is 1.10. The molecule has 11 aromatic rings. The lowest BCUT2D eigenvalue weighted by atomic mass is 9.99. The van der Waals surface area contributed by atoms with E-state index in [1.807, 2.05) is 18.2 Å². The minimum atomic E-state index is 0.613. The fraction of sp³-hybridized carbons (Fsp3) is 0. The smallest absolute Gasteiger partial charge is 0.0998 e. The molecule has 0 N–H and O–H groups in total. The van der Waals surface area contributed by atoms with Gasteiger partial charge in [0.1, 0.15) is 0 Å². The molecule has 0 radical (unpaired) electrons. The van der Waals surface area contributed by atoms with Crippen molar-refractivity contribution in [1.29, 1.82) is 10.5 Å². The molecule has 11 rings (SSSR count). The second-order valence-electron chi connectivity index (χ2n) is 14.0. The van der Waals surface area contributed by atoms with Crippen LogP contribution in [0.2, 0.25) is 0 Å². The number of para-hydroxylation sites is 5. The van der Waals surface area contributed by atoms with E-state index >= 15 is 0 Å². The van der Waals surface area contributed by atoms with Crippen LogP contribution < -0.4 is 0 Å². The van der Waals surface area contributed by atoms with E-state index in [4.69, 9.17) is 0 Å². The Labute approximate surface area is 316 Å². The zero-order valence-corrected chi connectivity index (χ0v) is 29.5. The van der Waals surface area contributed by atoms with E-state index in [0.717, 1.165) is 72.1 Å². The highest BCUT2D eigenvalue weighted by Crippen LogP contribution is 2.40. The van der Waals surface area contributed by atoms with Crippen LogP contribution >= 0.6 is 0 Å². The molecule has 0 saturated heterocycles.